The largest absolute Gasteiger partial charge is 0.385 e. The fourth-order valence-electron chi connectivity index (χ4n) is 1.88. The zero-order valence-electron chi connectivity index (χ0n) is 11.4. The van der Waals surface area contributed by atoms with Gasteiger partial charge in [-0.25, -0.2) is 0 Å². The Morgan fingerprint density at radius 3 is 2.61 bits per heavy atom. The number of rotatable bonds is 7. The Kier molecular flexibility index (Phi) is 11.6. The van der Waals surface area contributed by atoms with Crippen molar-refractivity contribution in [2.45, 2.75) is 38.1 Å². The minimum Gasteiger partial charge on any atom is -0.385 e. The Hall–Kier alpha value is -0.300. The summed E-state index contributed by atoms with van der Waals surface area (Å²) < 4.78 is 5.02. The van der Waals surface area contributed by atoms with Gasteiger partial charge >= 0.3 is 0 Å². The Bertz CT molecular complexity index is 249. The number of ether oxygens (including phenoxy) is 1. The average molecular weight is 367 g/mol. The summed E-state index contributed by atoms with van der Waals surface area (Å²) in [4.78, 5) is 4.23. The van der Waals surface area contributed by atoms with Crippen LogP contribution in [-0.2, 0) is 4.74 Å². The van der Waals surface area contributed by atoms with E-state index in [0.29, 0.717) is 6.04 Å². The van der Waals surface area contributed by atoms with Crippen molar-refractivity contribution in [3.05, 3.63) is 12.2 Å². The van der Waals surface area contributed by atoms with Crippen molar-refractivity contribution in [3.8, 4) is 0 Å². The topological polar surface area (TPSA) is 45.7 Å². The summed E-state index contributed by atoms with van der Waals surface area (Å²) >= 11 is 0. The molecule has 106 valence electrons. The van der Waals surface area contributed by atoms with E-state index in [0.717, 1.165) is 44.8 Å². The molecule has 1 rings (SSSR count). The summed E-state index contributed by atoms with van der Waals surface area (Å²) in [5.41, 5.74) is 0. The number of hydrogen-bond donors (Lipinski definition) is 2. The summed E-state index contributed by atoms with van der Waals surface area (Å²) in [7, 11) is 3.57. The lowest BCUT2D eigenvalue weighted by molar-refractivity contribution is 0.192. The van der Waals surface area contributed by atoms with E-state index >= 15 is 0 Å². The third kappa shape index (κ3) is 7.92. The number of unbranched alkanes of at least 4 members (excludes halogenated alkanes) is 2. The molecular weight excluding hydrogens is 341 g/mol. The van der Waals surface area contributed by atoms with Crippen LogP contribution in [0.15, 0.2) is 17.1 Å². The van der Waals surface area contributed by atoms with E-state index in [2.05, 4.69) is 27.8 Å². The zero-order chi connectivity index (χ0) is 12.3. The molecule has 0 aliphatic heterocycles. The van der Waals surface area contributed by atoms with Crippen molar-refractivity contribution in [1.82, 2.24) is 10.6 Å². The molecule has 0 aromatic rings. The quantitative estimate of drug-likeness (QED) is 0.239. The van der Waals surface area contributed by atoms with Gasteiger partial charge in [0.1, 0.15) is 0 Å². The summed E-state index contributed by atoms with van der Waals surface area (Å²) in [5, 5.41) is 6.76. The van der Waals surface area contributed by atoms with Gasteiger partial charge in [0, 0.05) is 33.4 Å². The van der Waals surface area contributed by atoms with Gasteiger partial charge in [-0.05, 0) is 32.1 Å². The highest BCUT2D eigenvalue weighted by Gasteiger charge is 2.10. The Balaban J connectivity index is 0.00000289. The number of hydrogen-bond acceptors (Lipinski definition) is 2. The third-order valence-corrected chi connectivity index (χ3v) is 2.89. The van der Waals surface area contributed by atoms with Gasteiger partial charge in [0.15, 0.2) is 5.96 Å². The van der Waals surface area contributed by atoms with E-state index in [1.165, 1.54) is 6.42 Å². The molecule has 0 fully saturated rings. The van der Waals surface area contributed by atoms with Gasteiger partial charge in [0.2, 0.25) is 0 Å². The first-order valence-electron chi connectivity index (χ1n) is 6.48. The molecule has 1 aliphatic carbocycles. The molecule has 5 heteroatoms. The Morgan fingerprint density at radius 2 is 2.00 bits per heavy atom. The van der Waals surface area contributed by atoms with Crippen LogP contribution in [0.25, 0.3) is 0 Å². The monoisotopic (exact) mass is 367 g/mol. The SMILES string of the molecule is CN=C(NCCCCCOC)NC1CC=CC1.I. The average Bonchev–Trinajstić information content (AvgIpc) is 2.85. The fourth-order valence-corrected chi connectivity index (χ4v) is 1.88. The van der Waals surface area contributed by atoms with Crippen LogP contribution >= 0.6 is 24.0 Å². The minimum absolute atomic E-state index is 0. The molecule has 0 saturated carbocycles. The number of nitrogens with zero attached hydrogens (tertiary/aromatic N) is 1. The molecule has 0 radical (unpaired) electrons. The summed E-state index contributed by atoms with van der Waals surface area (Å²) in [6, 6.07) is 0.523. The van der Waals surface area contributed by atoms with E-state index in [1.807, 2.05) is 7.05 Å². The maximum Gasteiger partial charge on any atom is 0.191 e. The zero-order valence-corrected chi connectivity index (χ0v) is 13.8. The van der Waals surface area contributed by atoms with Crippen molar-refractivity contribution in [2.24, 2.45) is 4.99 Å². The van der Waals surface area contributed by atoms with Crippen molar-refractivity contribution in [1.29, 1.82) is 0 Å². The molecule has 0 spiro atoms. The maximum atomic E-state index is 5.02. The Morgan fingerprint density at radius 1 is 1.28 bits per heavy atom. The molecular formula is C13H26IN3O. The lowest BCUT2D eigenvalue weighted by Gasteiger charge is -2.16. The van der Waals surface area contributed by atoms with Gasteiger partial charge in [-0.1, -0.05) is 12.2 Å². The van der Waals surface area contributed by atoms with Crippen molar-refractivity contribution in [2.75, 3.05) is 27.3 Å². The number of aliphatic imine (C=N–C) groups is 1. The molecule has 0 amide bonds. The Labute approximate surface area is 128 Å². The fraction of sp³-hybridized carbons (Fsp3) is 0.769. The van der Waals surface area contributed by atoms with Crippen LogP contribution in [0.3, 0.4) is 0 Å². The van der Waals surface area contributed by atoms with E-state index < -0.39 is 0 Å². The maximum absolute atomic E-state index is 5.02. The predicted octanol–water partition coefficient (Wildman–Crippen LogP) is 2.30. The molecule has 0 atom stereocenters. The number of methoxy groups -OCH3 is 1. The first-order valence-corrected chi connectivity index (χ1v) is 6.48. The van der Waals surface area contributed by atoms with E-state index in [9.17, 15) is 0 Å². The van der Waals surface area contributed by atoms with Crippen LogP contribution in [0.2, 0.25) is 0 Å². The molecule has 1 aliphatic rings. The van der Waals surface area contributed by atoms with Crippen LogP contribution in [0, 0.1) is 0 Å². The second kappa shape index (κ2) is 11.8. The standard InChI is InChI=1S/C13H25N3O.HI/c1-14-13(16-12-8-4-5-9-12)15-10-6-3-7-11-17-2;/h4-5,12H,3,6-11H2,1-2H3,(H2,14,15,16);1H. The molecule has 0 aromatic carbocycles. The highest BCUT2D eigenvalue weighted by molar-refractivity contribution is 14.0. The smallest absolute Gasteiger partial charge is 0.191 e. The second-order valence-electron chi connectivity index (χ2n) is 4.34. The predicted molar refractivity (Wildman–Crippen MR) is 87.8 cm³/mol. The summed E-state index contributed by atoms with van der Waals surface area (Å²) in [5.74, 6) is 0.922. The highest BCUT2D eigenvalue weighted by Crippen LogP contribution is 2.08. The van der Waals surface area contributed by atoms with Crippen LogP contribution < -0.4 is 10.6 Å². The highest BCUT2D eigenvalue weighted by atomic mass is 127. The van der Waals surface area contributed by atoms with Crippen LogP contribution in [-0.4, -0.2) is 39.3 Å². The van der Waals surface area contributed by atoms with Crippen LogP contribution in [0.4, 0.5) is 0 Å². The van der Waals surface area contributed by atoms with Gasteiger partial charge in [0.25, 0.3) is 0 Å². The van der Waals surface area contributed by atoms with Crippen LogP contribution in [0.1, 0.15) is 32.1 Å². The number of nitrogens with one attached hydrogen (secondary N) is 2. The number of halogens is 1. The van der Waals surface area contributed by atoms with Crippen molar-refractivity contribution < 1.29 is 4.74 Å². The van der Waals surface area contributed by atoms with E-state index in [4.69, 9.17) is 4.74 Å². The summed E-state index contributed by atoms with van der Waals surface area (Å²) in [6.45, 7) is 1.84. The normalized spacial score (nSPS) is 15.6. The molecule has 0 heterocycles. The molecule has 4 nitrogen and oxygen atoms in total. The molecule has 0 saturated heterocycles. The second-order valence-corrected chi connectivity index (χ2v) is 4.34. The lowest BCUT2D eigenvalue weighted by atomic mass is 10.2. The van der Waals surface area contributed by atoms with Crippen molar-refractivity contribution in [3.63, 3.8) is 0 Å². The van der Waals surface area contributed by atoms with Crippen LogP contribution in [0.5, 0.6) is 0 Å². The van der Waals surface area contributed by atoms with Gasteiger partial charge in [-0.3, -0.25) is 4.99 Å². The van der Waals surface area contributed by atoms with E-state index in [1.54, 1.807) is 7.11 Å². The lowest BCUT2D eigenvalue weighted by Crippen LogP contribution is -2.42. The number of guanidine groups is 1. The molecule has 0 unspecified atom stereocenters. The third-order valence-electron chi connectivity index (χ3n) is 2.89. The first-order chi connectivity index (χ1) is 8.36. The minimum atomic E-state index is 0. The van der Waals surface area contributed by atoms with Crippen molar-refractivity contribution >= 4 is 29.9 Å². The molecule has 2 N–H and O–H groups in total. The van der Waals surface area contributed by atoms with Gasteiger partial charge in [-0.2, -0.15) is 0 Å². The van der Waals surface area contributed by atoms with Gasteiger partial charge in [-0.15, -0.1) is 24.0 Å². The van der Waals surface area contributed by atoms with Gasteiger partial charge < -0.3 is 15.4 Å². The van der Waals surface area contributed by atoms with Gasteiger partial charge in [0.05, 0.1) is 0 Å². The summed E-state index contributed by atoms with van der Waals surface area (Å²) in [6.07, 6.45) is 10.1. The molecule has 18 heavy (non-hydrogen) atoms. The first kappa shape index (κ1) is 17.7. The van der Waals surface area contributed by atoms with E-state index in [-0.39, 0.29) is 24.0 Å². The molecule has 0 aromatic heterocycles. The molecule has 0 bridgehead atoms.